The van der Waals surface area contributed by atoms with E-state index in [-0.39, 0.29) is 0 Å². The van der Waals surface area contributed by atoms with Gasteiger partial charge in [-0.25, -0.2) is 9.13 Å². The van der Waals surface area contributed by atoms with Crippen LogP contribution in [0.2, 0.25) is 0 Å². The second kappa shape index (κ2) is 22.0. The highest BCUT2D eigenvalue weighted by Gasteiger charge is 2.15. The molecule has 0 radical (unpaired) electrons. The molecule has 1 heterocycles. The Kier molecular flexibility index (Phi) is 20.1. The van der Waals surface area contributed by atoms with E-state index in [1.165, 1.54) is 154 Å². The molecule has 0 bridgehead atoms. The normalized spacial score (nSPS) is 11.5. The first-order valence-corrected chi connectivity index (χ1v) is 14.9. The van der Waals surface area contributed by atoms with Crippen LogP contribution in [0.4, 0.5) is 0 Å². The van der Waals surface area contributed by atoms with Crippen molar-refractivity contribution in [1.82, 2.24) is 4.57 Å². The lowest BCUT2D eigenvalue weighted by Gasteiger charge is -2.05. The number of rotatable bonds is 24. The van der Waals surface area contributed by atoms with Crippen molar-refractivity contribution in [3.8, 4) is 0 Å². The number of hydrogen-bond donors (Lipinski definition) is 0. The second-order valence-electron chi connectivity index (χ2n) is 10.2. The maximum absolute atomic E-state index is 2.55. The highest BCUT2D eigenvalue weighted by atomic mass is 15.1. The molecule has 0 aromatic carbocycles. The summed E-state index contributed by atoms with van der Waals surface area (Å²) in [6.07, 6.45) is 35.7. The van der Waals surface area contributed by atoms with Gasteiger partial charge in [-0.2, -0.15) is 0 Å². The highest BCUT2D eigenvalue weighted by molar-refractivity contribution is 4.84. The van der Waals surface area contributed by atoms with Crippen LogP contribution in [0.15, 0.2) is 12.4 Å². The summed E-state index contributed by atoms with van der Waals surface area (Å²) >= 11 is 0. The van der Waals surface area contributed by atoms with E-state index in [0.717, 1.165) is 0 Å². The van der Waals surface area contributed by atoms with Crippen LogP contribution in [0, 0.1) is 0 Å². The first-order chi connectivity index (χ1) is 15.8. The summed E-state index contributed by atoms with van der Waals surface area (Å²) in [4.78, 5) is 0. The van der Waals surface area contributed by atoms with Gasteiger partial charge in [-0.1, -0.05) is 124 Å². The number of nitrogens with zero attached hydrogens (tertiary/aromatic N) is 2. The van der Waals surface area contributed by atoms with E-state index < -0.39 is 0 Å². The van der Waals surface area contributed by atoms with E-state index in [9.17, 15) is 0 Å². The van der Waals surface area contributed by atoms with Crippen molar-refractivity contribution in [2.75, 3.05) is 0 Å². The second-order valence-corrected chi connectivity index (χ2v) is 10.2. The third kappa shape index (κ3) is 15.1. The highest BCUT2D eigenvalue weighted by Crippen LogP contribution is 2.14. The molecule has 1 aromatic rings. The van der Waals surface area contributed by atoms with Gasteiger partial charge in [0.1, 0.15) is 12.4 Å². The summed E-state index contributed by atoms with van der Waals surface area (Å²) in [6.45, 7) is 9.34. The molecule has 0 aliphatic carbocycles. The standard InChI is InChI=1S/C30H59N2/c1-4-7-9-11-12-13-14-15-16-17-18-19-20-21-22-24-27-32-29-28-31(30(32)25-6-3)26-23-10-8-5-2/h28-29H,4-27H2,1-3H3/q+1. The first-order valence-electron chi connectivity index (χ1n) is 14.9. The van der Waals surface area contributed by atoms with Crippen LogP contribution in [0.1, 0.15) is 161 Å². The van der Waals surface area contributed by atoms with Gasteiger partial charge in [-0.05, 0) is 32.1 Å². The van der Waals surface area contributed by atoms with Crippen molar-refractivity contribution in [3.05, 3.63) is 18.2 Å². The molecule has 0 aliphatic heterocycles. The molecule has 2 heteroatoms. The van der Waals surface area contributed by atoms with Crippen LogP contribution >= 0.6 is 0 Å². The molecule has 0 saturated carbocycles. The SMILES string of the molecule is CCCCCCCCCCCCCCCCCC[n+]1ccn(CCCCCC)c1CCC. The van der Waals surface area contributed by atoms with Gasteiger partial charge in [0, 0.05) is 6.42 Å². The molecule has 0 spiro atoms. The molecule has 0 aliphatic rings. The van der Waals surface area contributed by atoms with Crippen molar-refractivity contribution < 1.29 is 4.57 Å². The Hall–Kier alpha value is -0.790. The van der Waals surface area contributed by atoms with E-state index in [2.05, 4.69) is 42.3 Å². The van der Waals surface area contributed by atoms with Crippen LogP contribution < -0.4 is 4.57 Å². The number of unbranched alkanes of at least 4 members (excludes halogenated alkanes) is 18. The Labute approximate surface area is 202 Å². The third-order valence-electron chi connectivity index (χ3n) is 7.07. The average Bonchev–Trinajstić information content (AvgIpc) is 3.18. The average molecular weight is 448 g/mol. The zero-order chi connectivity index (χ0) is 23.1. The molecule has 0 unspecified atom stereocenters. The Morgan fingerprint density at radius 2 is 0.969 bits per heavy atom. The van der Waals surface area contributed by atoms with Crippen LogP contribution in [-0.2, 0) is 19.5 Å². The molecule has 0 saturated heterocycles. The van der Waals surface area contributed by atoms with E-state index in [4.69, 9.17) is 0 Å². The van der Waals surface area contributed by atoms with Crippen LogP contribution in [0.3, 0.4) is 0 Å². The lowest BCUT2D eigenvalue weighted by atomic mass is 10.0. The Balaban J connectivity index is 1.99. The van der Waals surface area contributed by atoms with Gasteiger partial charge < -0.3 is 0 Å². The zero-order valence-corrected chi connectivity index (χ0v) is 22.5. The van der Waals surface area contributed by atoms with Gasteiger partial charge in [0.2, 0.25) is 0 Å². The molecule has 2 nitrogen and oxygen atoms in total. The molecular weight excluding hydrogens is 388 g/mol. The summed E-state index contributed by atoms with van der Waals surface area (Å²) < 4.78 is 5.08. The summed E-state index contributed by atoms with van der Waals surface area (Å²) in [7, 11) is 0. The van der Waals surface area contributed by atoms with E-state index >= 15 is 0 Å². The topological polar surface area (TPSA) is 8.81 Å². The molecule has 1 rings (SSSR count). The minimum absolute atomic E-state index is 1.21. The van der Waals surface area contributed by atoms with Crippen LogP contribution in [0.5, 0.6) is 0 Å². The number of aryl methyl sites for hydroxylation is 2. The monoisotopic (exact) mass is 447 g/mol. The Bertz CT molecular complexity index is 505. The molecule has 32 heavy (non-hydrogen) atoms. The molecule has 0 amide bonds. The van der Waals surface area contributed by atoms with E-state index in [0.29, 0.717) is 0 Å². The van der Waals surface area contributed by atoms with Gasteiger partial charge in [0.15, 0.2) is 0 Å². The van der Waals surface area contributed by atoms with E-state index in [1.54, 1.807) is 5.82 Å². The van der Waals surface area contributed by atoms with Crippen molar-refractivity contribution >= 4 is 0 Å². The smallest absolute Gasteiger partial charge is 0.234 e. The van der Waals surface area contributed by atoms with Crippen LogP contribution in [-0.4, -0.2) is 4.57 Å². The van der Waals surface area contributed by atoms with E-state index in [1.807, 2.05) is 0 Å². The van der Waals surface area contributed by atoms with Crippen molar-refractivity contribution in [2.45, 2.75) is 175 Å². The summed E-state index contributed by atoms with van der Waals surface area (Å²) in [6, 6.07) is 0. The Morgan fingerprint density at radius 1 is 0.531 bits per heavy atom. The molecule has 0 N–H and O–H groups in total. The number of hydrogen-bond acceptors (Lipinski definition) is 0. The summed E-state index contributed by atoms with van der Waals surface area (Å²) in [5, 5.41) is 0. The van der Waals surface area contributed by atoms with Crippen molar-refractivity contribution in [2.24, 2.45) is 0 Å². The fraction of sp³-hybridized carbons (Fsp3) is 0.900. The van der Waals surface area contributed by atoms with Gasteiger partial charge in [-0.3, -0.25) is 0 Å². The van der Waals surface area contributed by atoms with Crippen molar-refractivity contribution in [3.63, 3.8) is 0 Å². The summed E-state index contributed by atoms with van der Waals surface area (Å²) in [5.74, 6) is 1.56. The lowest BCUT2D eigenvalue weighted by molar-refractivity contribution is -0.704. The first kappa shape index (κ1) is 29.2. The number of aromatic nitrogens is 2. The Morgan fingerprint density at radius 3 is 1.44 bits per heavy atom. The quantitative estimate of drug-likeness (QED) is 0.110. The zero-order valence-electron chi connectivity index (χ0n) is 22.5. The molecule has 188 valence electrons. The van der Waals surface area contributed by atoms with Gasteiger partial charge >= 0.3 is 0 Å². The third-order valence-corrected chi connectivity index (χ3v) is 7.07. The van der Waals surface area contributed by atoms with Crippen LogP contribution in [0.25, 0.3) is 0 Å². The summed E-state index contributed by atoms with van der Waals surface area (Å²) in [5.41, 5.74) is 0. The predicted octanol–water partition coefficient (Wildman–Crippen LogP) is 9.57. The number of imidazole rings is 1. The maximum Gasteiger partial charge on any atom is 0.256 e. The van der Waals surface area contributed by atoms with Gasteiger partial charge in [0.25, 0.3) is 5.82 Å². The molecular formula is C30H59N2+. The fourth-order valence-corrected chi connectivity index (χ4v) is 4.96. The van der Waals surface area contributed by atoms with Gasteiger partial charge in [-0.15, -0.1) is 0 Å². The predicted molar refractivity (Wildman–Crippen MR) is 142 cm³/mol. The lowest BCUT2D eigenvalue weighted by Crippen LogP contribution is -2.37. The van der Waals surface area contributed by atoms with Gasteiger partial charge in [0.05, 0.1) is 13.1 Å². The minimum Gasteiger partial charge on any atom is -0.234 e. The fourth-order valence-electron chi connectivity index (χ4n) is 4.96. The largest absolute Gasteiger partial charge is 0.256 e. The molecule has 0 fully saturated rings. The molecule has 0 atom stereocenters. The minimum atomic E-state index is 1.21. The maximum atomic E-state index is 2.55. The molecule has 1 aromatic heterocycles. The van der Waals surface area contributed by atoms with Crippen molar-refractivity contribution in [1.29, 1.82) is 0 Å².